The summed E-state index contributed by atoms with van der Waals surface area (Å²) in [6.07, 6.45) is 0. The summed E-state index contributed by atoms with van der Waals surface area (Å²) in [5.41, 5.74) is 1.76. The summed E-state index contributed by atoms with van der Waals surface area (Å²) in [4.78, 5) is 29.4. The molecule has 4 heterocycles. The van der Waals surface area contributed by atoms with Gasteiger partial charge in [-0.15, -0.1) is 32.9 Å². The maximum absolute atomic E-state index is 12.6. The van der Waals surface area contributed by atoms with Gasteiger partial charge in [0.15, 0.2) is 12.4 Å². The minimum absolute atomic E-state index is 0.0909. The molecular formula is C21H17N5O4S2. The lowest BCUT2D eigenvalue weighted by Crippen LogP contribution is -2.19. The first kappa shape index (κ1) is 20.3. The Morgan fingerprint density at radius 1 is 1.16 bits per heavy atom. The molecule has 0 N–H and O–H groups in total. The maximum Gasteiger partial charge on any atom is 0.338 e. The molecular weight excluding hydrogens is 450 g/mol. The predicted octanol–water partition coefficient (Wildman–Crippen LogP) is 3.34. The van der Waals surface area contributed by atoms with Gasteiger partial charge in [-0.1, -0.05) is 6.07 Å². The number of fused-ring (bicyclic) bond motifs is 3. The van der Waals surface area contributed by atoms with Crippen LogP contribution in [-0.2, 0) is 25.0 Å². The van der Waals surface area contributed by atoms with E-state index >= 15 is 0 Å². The van der Waals surface area contributed by atoms with Crippen LogP contribution in [0.5, 0.6) is 5.75 Å². The molecule has 9 nitrogen and oxygen atoms in total. The Hall–Kier alpha value is -3.57. The van der Waals surface area contributed by atoms with E-state index in [0.29, 0.717) is 39.7 Å². The van der Waals surface area contributed by atoms with E-state index in [9.17, 15) is 9.59 Å². The average Bonchev–Trinajstić information content (AvgIpc) is 3.54. The Morgan fingerprint density at radius 3 is 2.84 bits per heavy atom. The van der Waals surface area contributed by atoms with E-state index in [1.807, 2.05) is 23.8 Å². The number of hydrogen-bond donors (Lipinski definition) is 0. The molecule has 162 valence electrons. The van der Waals surface area contributed by atoms with Gasteiger partial charge < -0.3 is 9.47 Å². The third-order valence-electron chi connectivity index (χ3n) is 4.85. The second kappa shape index (κ2) is 8.17. The first-order valence-corrected chi connectivity index (χ1v) is 11.4. The number of aryl methyl sites for hydroxylation is 2. The molecule has 0 spiro atoms. The van der Waals surface area contributed by atoms with Crippen molar-refractivity contribution in [2.45, 2.75) is 20.1 Å². The predicted molar refractivity (Wildman–Crippen MR) is 120 cm³/mol. The Morgan fingerprint density at radius 2 is 2.03 bits per heavy atom. The van der Waals surface area contributed by atoms with Gasteiger partial charge in [0.2, 0.25) is 5.78 Å². The molecule has 1 aromatic carbocycles. The van der Waals surface area contributed by atoms with E-state index in [0.717, 1.165) is 10.7 Å². The van der Waals surface area contributed by atoms with Crippen molar-refractivity contribution in [3.05, 3.63) is 73.5 Å². The van der Waals surface area contributed by atoms with Crippen LogP contribution in [0.1, 0.15) is 26.9 Å². The number of carbonyl (C=O) groups excluding carboxylic acids is 1. The van der Waals surface area contributed by atoms with E-state index in [1.54, 1.807) is 47.1 Å². The normalized spacial score (nSPS) is 11.3. The number of nitrogens with zero attached hydrogens (tertiary/aromatic N) is 5. The zero-order valence-electron chi connectivity index (χ0n) is 17.1. The van der Waals surface area contributed by atoms with Crippen molar-refractivity contribution in [1.82, 2.24) is 24.1 Å². The third-order valence-corrected chi connectivity index (χ3v) is 6.57. The molecule has 0 fully saturated rings. The minimum atomic E-state index is -0.511. The molecule has 5 rings (SSSR count). The number of thiophene rings is 1. The van der Waals surface area contributed by atoms with Crippen LogP contribution < -0.4 is 10.3 Å². The summed E-state index contributed by atoms with van der Waals surface area (Å²) >= 11 is 2.91. The van der Waals surface area contributed by atoms with Crippen molar-refractivity contribution in [1.29, 1.82) is 0 Å². The Balaban J connectivity index is 1.33. The van der Waals surface area contributed by atoms with Crippen LogP contribution in [0, 0.1) is 6.92 Å². The second-order valence-electron chi connectivity index (χ2n) is 7.00. The number of thiazole rings is 1. The molecule has 0 amide bonds. The smallest absolute Gasteiger partial charge is 0.338 e. The third kappa shape index (κ3) is 3.65. The number of aromatic nitrogens is 5. The molecule has 4 aromatic heterocycles. The molecule has 11 heteroatoms. The molecule has 0 saturated heterocycles. The number of ether oxygens (including phenoxy) is 2. The van der Waals surface area contributed by atoms with Crippen molar-refractivity contribution >= 4 is 44.6 Å². The van der Waals surface area contributed by atoms with Crippen molar-refractivity contribution in [3.63, 3.8) is 0 Å². The lowest BCUT2D eigenvalue weighted by Gasteiger charge is -2.08. The SMILES string of the molecule is Cc1nc(COc2cccc(C(=O)OCc3nnc4n(C)c(=O)c5sccc5n34)c2)cs1. The van der Waals surface area contributed by atoms with Gasteiger partial charge in [0.25, 0.3) is 5.56 Å². The maximum atomic E-state index is 12.6. The highest BCUT2D eigenvalue weighted by atomic mass is 32.1. The summed E-state index contributed by atoms with van der Waals surface area (Å²) in [6.45, 7) is 2.17. The van der Waals surface area contributed by atoms with Gasteiger partial charge >= 0.3 is 5.97 Å². The molecule has 0 atom stereocenters. The number of carbonyl (C=O) groups is 1. The highest BCUT2D eigenvalue weighted by molar-refractivity contribution is 7.17. The van der Waals surface area contributed by atoms with Gasteiger partial charge in [-0.3, -0.25) is 13.8 Å². The zero-order valence-corrected chi connectivity index (χ0v) is 18.8. The molecule has 0 bridgehead atoms. The monoisotopic (exact) mass is 467 g/mol. The molecule has 0 radical (unpaired) electrons. The van der Waals surface area contributed by atoms with E-state index in [4.69, 9.17) is 9.47 Å². The van der Waals surface area contributed by atoms with Crippen molar-refractivity contribution < 1.29 is 14.3 Å². The fraction of sp³-hybridized carbons (Fsp3) is 0.190. The summed E-state index contributed by atoms with van der Waals surface area (Å²) in [6, 6.07) is 8.62. The van der Waals surface area contributed by atoms with Gasteiger partial charge in [0, 0.05) is 12.4 Å². The topological polar surface area (TPSA) is 101 Å². The van der Waals surface area contributed by atoms with Gasteiger partial charge in [-0.05, 0) is 36.6 Å². The van der Waals surface area contributed by atoms with E-state index < -0.39 is 5.97 Å². The Kier molecular flexibility index (Phi) is 5.19. The number of esters is 1. The van der Waals surface area contributed by atoms with Gasteiger partial charge in [-0.25, -0.2) is 9.78 Å². The van der Waals surface area contributed by atoms with Crippen LogP contribution in [0.4, 0.5) is 0 Å². The molecule has 32 heavy (non-hydrogen) atoms. The Bertz CT molecular complexity index is 1510. The fourth-order valence-electron chi connectivity index (χ4n) is 3.30. The van der Waals surface area contributed by atoms with E-state index in [2.05, 4.69) is 15.2 Å². The largest absolute Gasteiger partial charge is 0.487 e. The molecule has 0 unspecified atom stereocenters. The lowest BCUT2D eigenvalue weighted by atomic mass is 10.2. The van der Waals surface area contributed by atoms with Crippen LogP contribution in [-0.4, -0.2) is 30.1 Å². The molecule has 0 aliphatic heterocycles. The van der Waals surface area contributed by atoms with Crippen molar-refractivity contribution in [3.8, 4) is 5.75 Å². The number of benzene rings is 1. The summed E-state index contributed by atoms with van der Waals surface area (Å²) in [7, 11) is 1.64. The van der Waals surface area contributed by atoms with Crippen LogP contribution >= 0.6 is 22.7 Å². The van der Waals surface area contributed by atoms with E-state index in [1.165, 1.54) is 15.9 Å². The van der Waals surface area contributed by atoms with E-state index in [-0.39, 0.29) is 12.2 Å². The number of rotatable bonds is 6. The highest BCUT2D eigenvalue weighted by Crippen LogP contribution is 2.20. The lowest BCUT2D eigenvalue weighted by molar-refractivity contribution is 0.0461. The quantitative estimate of drug-likeness (QED) is 0.353. The summed E-state index contributed by atoms with van der Waals surface area (Å²) in [5, 5.41) is 13.0. The van der Waals surface area contributed by atoms with Crippen molar-refractivity contribution in [2.75, 3.05) is 0 Å². The molecule has 5 aromatic rings. The van der Waals surface area contributed by atoms with Crippen LogP contribution in [0.25, 0.3) is 16.0 Å². The van der Waals surface area contributed by atoms with Crippen molar-refractivity contribution in [2.24, 2.45) is 7.05 Å². The first-order chi connectivity index (χ1) is 15.5. The van der Waals surface area contributed by atoms with Crippen LogP contribution in [0.2, 0.25) is 0 Å². The summed E-state index contributed by atoms with van der Waals surface area (Å²) in [5.74, 6) is 0.856. The molecule has 0 saturated carbocycles. The van der Waals surface area contributed by atoms with Crippen LogP contribution in [0.15, 0.2) is 45.9 Å². The zero-order chi connectivity index (χ0) is 22.2. The average molecular weight is 468 g/mol. The Labute approximate surface area is 189 Å². The fourth-order valence-corrected chi connectivity index (χ4v) is 4.75. The second-order valence-corrected chi connectivity index (χ2v) is 8.98. The van der Waals surface area contributed by atoms with Gasteiger partial charge in [0.05, 0.1) is 21.8 Å². The first-order valence-electron chi connectivity index (χ1n) is 9.62. The number of hydrogen-bond acceptors (Lipinski definition) is 9. The van der Waals surface area contributed by atoms with Gasteiger partial charge in [-0.2, -0.15) is 0 Å². The molecule has 0 aliphatic carbocycles. The minimum Gasteiger partial charge on any atom is -0.487 e. The van der Waals surface area contributed by atoms with Crippen LogP contribution in [0.3, 0.4) is 0 Å². The molecule has 0 aliphatic rings. The highest BCUT2D eigenvalue weighted by Gasteiger charge is 2.17. The standard InChI is InChI=1S/C21H17N5O4S2/c1-12-22-14(11-32-12)9-29-15-5-3-4-13(8-15)20(28)30-10-17-23-24-21-25(2)19(27)18-16(26(17)21)6-7-31-18/h3-8,11H,9-10H2,1-2H3. The summed E-state index contributed by atoms with van der Waals surface area (Å²) < 4.78 is 15.0. The van der Waals surface area contributed by atoms with Gasteiger partial charge in [0.1, 0.15) is 17.1 Å².